The molecule has 2 rings (SSSR count). The summed E-state index contributed by atoms with van der Waals surface area (Å²) in [6, 6.07) is 9.75. The average Bonchev–Trinajstić information content (AvgIpc) is 2.58. The third-order valence-electron chi connectivity index (χ3n) is 3.89. The Labute approximate surface area is 161 Å². The highest BCUT2D eigenvalue weighted by atomic mass is 35.5. The highest BCUT2D eigenvalue weighted by molar-refractivity contribution is 6.36. The first kappa shape index (κ1) is 20.2. The molecule has 0 heterocycles. The van der Waals surface area contributed by atoms with Gasteiger partial charge in [-0.15, -0.1) is 0 Å². The summed E-state index contributed by atoms with van der Waals surface area (Å²) < 4.78 is 12.9. The monoisotopic (exact) mass is 398 g/mol. The van der Waals surface area contributed by atoms with E-state index in [0.29, 0.717) is 26.3 Å². The van der Waals surface area contributed by atoms with E-state index in [-0.39, 0.29) is 24.2 Å². The van der Waals surface area contributed by atoms with Gasteiger partial charge in [0.05, 0.1) is 17.8 Å². The molecule has 0 saturated carbocycles. The molecule has 8 heteroatoms. The van der Waals surface area contributed by atoms with E-state index in [1.54, 1.807) is 26.1 Å². The van der Waals surface area contributed by atoms with Crippen LogP contribution in [0.4, 0.5) is 15.8 Å². The van der Waals surface area contributed by atoms with Crippen molar-refractivity contribution in [1.29, 1.82) is 0 Å². The summed E-state index contributed by atoms with van der Waals surface area (Å²) in [4.78, 5) is 25.2. The van der Waals surface area contributed by atoms with Gasteiger partial charge in [-0.2, -0.15) is 0 Å². The Morgan fingerprint density at radius 3 is 2.38 bits per heavy atom. The van der Waals surface area contributed by atoms with E-state index >= 15 is 0 Å². The second kappa shape index (κ2) is 8.98. The van der Waals surface area contributed by atoms with Crippen molar-refractivity contribution in [1.82, 2.24) is 0 Å². The van der Waals surface area contributed by atoms with Crippen LogP contribution in [0.15, 0.2) is 42.5 Å². The van der Waals surface area contributed by atoms with Crippen LogP contribution in [-0.2, 0) is 9.59 Å². The summed E-state index contributed by atoms with van der Waals surface area (Å²) in [6.07, 6.45) is 0. The van der Waals surface area contributed by atoms with Crippen LogP contribution in [0, 0.1) is 5.82 Å². The Kier molecular flexibility index (Phi) is 6.97. The maximum atomic E-state index is 12.9. The summed E-state index contributed by atoms with van der Waals surface area (Å²) >= 11 is 11.9. The molecule has 1 unspecified atom stereocenters. The molecular weight excluding hydrogens is 380 g/mol. The first-order valence-corrected chi connectivity index (χ1v) is 8.65. The Morgan fingerprint density at radius 1 is 1.12 bits per heavy atom. The lowest BCUT2D eigenvalue weighted by atomic mass is 10.2. The van der Waals surface area contributed by atoms with Crippen LogP contribution in [0.25, 0.3) is 0 Å². The minimum Gasteiger partial charge on any atom is -0.321 e. The predicted octanol–water partition coefficient (Wildman–Crippen LogP) is 2.61. The SMILES string of the molecule is C[C@H](C(=O)Nc1ccc(Cl)cc1Cl)[NH+](C)CC(=O)Nc1ccc(F)cc1. The number of quaternary nitrogens is 1. The van der Waals surface area contributed by atoms with Gasteiger partial charge in [-0.25, -0.2) is 4.39 Å². The molecule has 0 aliphatic carbocycles. The van der Waals surface area contributed by atoms with Crippen LogP contribution in [0.5, 0.6) is 0 Å². The van der Waals surface area contributed by atoms with Crippen molar-refractivity contribution in [2.24, 2.45) is 0 Å². The number of hydrogen-bond donors (Lipinski definition) is 3. The van der Waals surface area contributed by atoms with Gasteiger partial charge in [0.15, 0.2) is 12.6 Å². The summed E-state index contributed by atoms with van der Waals surface area (Å²) in [5, 5.41) is 6.20. The first-order valence-electron chi connectivity index (χ1n) is 7.90. The standard InChI is InChI=1S/C18H18Cl2FN3O2/c1-11(18(26)23-16-8-3-12(19)9-15(16)20)24(2)10-17(25)22-14-6-4-13(21)5-7-14/h3-9,11H,10H2,1-2H3,(H,22,25)(H,23,26)/p+1/t11-/m1/s1. The molecule has 2 aromatic rings. The molecule has 0 aliphatic heterocycles. The molecule has 0 aromatic heterocycles. The fraction of sp³-hybridized carbons (Fsp3) is 0.222. The lowest BCUT2D eigenvalue weighted by molar-refractivity contribution is -0.885. The molecule has 0 spiro atoms. The van der Waals surface area contributed by atoms with E-state index in [2.05, 4.69) is 10.6 Å². The van der Waals surface area contributed by atoms with Gasteiger partial charge in [0.25, 0.3) is 11.8 Å². The van der Waals surface area contributed by atoms with Crippen molar-refractivity contribution in [2.45, 2.75) is 13.0 Å². The Hall–Kier alpha value is -2.15. The first-order chi connectivity index (χ1) is 12.3. The lowest BCUT2D eigenvalue weighted by Gasteiger charge is -2.21. The highest BCUT2D eigenvalue weighted by Crippen LogP contribution is 2.25. The van der Waals surface area contributed by atoms with E-state index in [9.17, 15) is 14.0 Å². The zero-order valence-corrected chi connectivity index (χ0v) is 15.8. The number of carbonyl (C=O) groups excluding carboxylic acids is 2. The number of benzene rings is 2. The van der Waals surface area contributed by atoms with Gasteiger partial charge in [-0.05, 0) is 49.4 Å². The molecule has 2 amide bonds. The Morgan fingerprint density at radius 2 is 1.77 bits per heavy atom. The summed E-state index contributed by atoms with van der Waals surface area (Å²) in [5.74, 6) is -0.934. The molecule has 0 fully saturated rings. The minimum atomic E-state index is -0.499. The van der Waals surface area contributed by atoms with E-state index < -0.39 is 6.04 Å². The number of likely N-dealkylation sites (N-methyl/N-ethyl adjacent to an activating group) is 1. The number of nitrogens with one attached hydrogen (secondary N) is 3. The zero-order chi connectivity index (χ0) is 19.3. The van der Waals surface area contributed by atoms with E-state index in [1.807, 2.05) is 0 Å². The van der Waals surface area contributed by atoms with Gasteiger partial charge in [-0.3, -0.25) is 9.59 Å². The molecule has 0 bridgehead atoms. The molecule has 3 N–H and O–H groups in total. The van der Waals surface area contributed by atoms with Crippen LogP contribution in [0.3, 0.4) is 0 Å². The molecule has 2 atom stereocenters. The average molecular weight is 399 g/mol. The fourth-order valence-electron chi connectivity index (χ4n) is 2.20. The largest absolute Gasteiger partial charge is 0.321 e. The number of carbonyl (C=O) groups is 2. The second-order valence-corrected chi connectivity index (χ2v) is 6.76. The summed E-state index contributed by atoms with van der Waals surface area (Å²) in [5.41, 5.74) is 0.950. The third kappa shape index (κ3) is 5.69. The molecule has 0 saturated heterocycles. The van der Waals surface area contributed by atoms with Gasteiger partial charge < -0.3 is 15.5 Å². The highest BCUT2D eigenvalue weighted by Gasteiger charge is 2.24. The Balaban J connectivity index is 1.90. The molecule has 2 aromatic carbocycles. The van der Waals surface area contributed by atoms with Crippen molar-refractivity contribution in [2.75, 3.05) is 24.2 Å². The fourth-order valence-corrected chi connectivity index (χ4v) is 2.66. The van der Waals surface area contributed by atoms with Crippen LogP contribution >= 0.6 is 23.2 Å². The van der Waals surface area contributed by atoms with E-state index in [0.717, 1.165) is 0 Å². The zero-order valence-electron chi connectivity index (χ0n) is 14.3. The number of hydrogen-bond acceptors (Lipinski definition) is 2. The van der Waals surface area contributed by atoms with Gasteiger partial charge in [0.2, 0.25) is 0 Å². The van der Waals surface area contributed by atoms with Crippen LogP contribution in [0.2, 0.25) is 10.0 Å². The van der Waals surface area contributed by atoms with Gasteiger partial charge in [0, 0.05) is 10.7 Å². The summed E-state index contributed by atoms with van der Waals surface area (Å²) in [7, 11) is 1.73. The topological polar surface area (TPSA) is 62.6 Å². The number of amides is 2. The summed E-state index contributed by atoms with van der Waals surface area (Å²) in [6.45, 7) is 1.78. The lowest BCUT2D eigenvalue weighted by Crippen LogP contribution is -3.14. The van der Waals surface area contributed by atoms with Crippen LogP contribution < -0.4 is 15.5 Å². The van der Waals surface area contributed by atoms with E-state index in [1.165, 1.54) is 30.3 Å². The quantitative estimate of drug-likeness (QED) is 0.700. The van der Waals surface area contributed by atoms with Crippen molar-refractivity contribution in [3.05, 3.63) is 58.3 Å². The van der Waals surface area contributed by atoms with Crippen LogP contribution in [-0.4, -0.2) is 31.4 Å². The molecular formula is C18H19Cl2FN3O2+. The van der Waals surface area contributed by atoms with Crippen molar-refractivity contribution in [3.63, 3.8) is 0 Å². The molecule has 26 heavy (non-hydrogen) atoms. The van der Waals surface area contributed by atoms with Gasteiger partial charge in [-0.1, -0.05) is 23.2 Å². The number of halogens is 3. The van der Waals surface area contributed by atoms with Crippen molar-refractivity contribution < 1.29 is 18.9 Å². The normalized spacial score (nSPS) is 13.0. The predicted molar refractivity (Wildman–Crippen MR) is 101 cm³/mol. The van der Waals surface area contributed by atoms with Crippen LogP contribution in [0.1, 0.15) is 6.92 Å². The minimum absolute atomic E-state index is 0.0698. The molecule has 138 valence electrons. The molecule has 0 aliphatic rings. The maximum absolute atomic E-state index is 12.9. The third-order valence-corrected chi connectivity index (χ3v) is 4.44. The maximum Gasteiger partial charge on any atom is 0.282 e. The van der Waals surface area contributed by atoms with Gasteiger partial charge >= 0.3 is 0 Å². The molecule has 5 nitrogen and oxygen atoms in total. The van der Waals surface area contributed by atoms with Gasteiger partial charge in [0.1, 0.15) is 5.82 Å². The van der Waals surface area contributed by atoms with Crippen molar-refractivity contribution in [3.8, 4) is 0 Å². The van der Waals surface area contributed by atoms with E-state index in [4.69, 9.17) is 23.2 Å². The number of rotatable bonds is 6. The second-order valence-electron chi connectivity index (χ2n) is 5.91. The van der Waals surface area contributed by atoms with Crippen molar-refractivity contribution >= 4 is 46.4 Å². The smallest absolute Gasteiger partial charge is 0.282 e. The Bertz CT molecular complexity index is 800. The number of anilines is 2. The molecule has 0 radical (unpaired) electrons.